The van der Waals surface area contributed by atoms with E-state index in [0.29, 0.717) is 41.2 Å². The Hall–Kier alpha value is -4.14. The molecule has 1 amide bonds. The number of β-amino-alcohol motifs (C(OH)–C–C–N with tert-alkyl or cyclic N) is 1. The Morgan fingerprint density at radius 3 is 2.68 bits per heavy atom. The summed E-state index contributed by atoms with van der Waals surface area (Å²) in [7, 11) is 0. The minimum atomic E-state index is -0.337. The lowest BCUT2D eigenvalue weighted by Crippen LogP contribution is -2.25. The Bertz CT molecular complexity index is 1630. The first-order valence-corrected chi connectivity index (χ1v) is 14.4. The number of hydrogen-bond acceptors (Lipinski definition) is 6. The van der Waals surface area contributed by atoms with Crippen LogP contribution in [0.25, 0.3) is 16.5 Å². The van der Waals surface area contributed by atoms with E-state index < -0.39 is 0 Å². The standard InChI is InChI=1S/C33H36N4O4/c1-23-7-9-26(34-32(39)25-5-4-6-27(19-25)36-15-12-28(38)22-36)20-31(23)37-16-11-24-8-10-29(21-30(24)33(37)40)41-18-17-35-13-2-3-14-35/h4-11,16,19-21,28,38H,2-3,12-15,17-18,22H2,1H3,(H,34,39)/t28-/m1/s1. The van der Waals surface area contributed by atoms with Gasteiger partial charge in [0, 0.05) is 42.8 Å². The molecule has 0 aliphatic carbocycles. The smallest absolute Gasteiger partial charge is 0.263 e. The average Bonchev–Trinajstić information content (AvgIpc) is 3.67. The van der Waals surface area contributed by atoms with Crippen molar-refractivity contribution in [3.63, 3.8) is 0 Å². The highest BCUT2D eigenvalue weighted by Crippen LogP contribution is 2.25. The van der Waals surface area contributed by atoms with Crippen molar-refractivity contribution in [3.05, 3.63) is 94.4 Å². The molecule has 41 heavy (non-hydrogen) atoms. The third kappa shape index (κ3) is 5.99. The van der Waals surface area contributed by atoms with E-state index >= 15 is 0 Å². The van der Waals surface area contributed by atoms with Crippen LogP contribution in [-0.4, -0.2) is 65.9 Å². The van der Waals surface area contributed by atoms with Crippen molar-refractivity contribution in [1.29, 1.82) is 0 Å². The number of aliphatic hydroxyl groups is 1. The number of hydrogen-bond donors (Lipinski definition) is 2. The maximum absolute atomic E-state index is 13.6. The number of amides is 1. The van der Waals surface area contributed by atoms with E-state index in [9.17, 15) is 14.7 Å². The number of nitrogens with zero attached hydrogens (tertiary/aromatic N) is 3. The van der Waals surface area contributed by atoms with E-state index in [1.165, 1.54) is 12.8 Å². The van der Waals surface area contributed by atoms with Crippen molar-refractivity contribution in [3.8, 4) is 11.4 Å². The maximum Gasteiger partial charge on any atom is 0.263 e. The van der Waals surface area contributed by atoms with E-state index in [1.54, 1.807) is 16.8 Å². The van der Waals surface area contributed by atoms with Gasteiger partial charge in [0.2, 0.25) is 0 Å². The minimum Gasteiger partial charge on any atom is -0.492 e. The van der Waals surface area contributed by atoms with Crippen LogP contribution >= 0.6 is 0 Å². The van der Waals surface area contributed by atoms with Gasteiger partial charge in [-0.2, -0.15) is 0 Å². The molecule has 6 rings (SSSR count). The number of aryl methyl sites for hydroxylation is 1. The zero-order chi connectivity index (χ0) is 28.3. The first-order chi connectivity index (χ1) is 19.9. The molecule has 0 unspecified atom stereocenters. The molecular formula is C33H36N4O4. The molecule has 4 aromatic rings. The van der Waals surface area contributed by atoms with Crippen molar-refractivity contribution in [2.45, 2.75) is 32.3 Å². The third-order valence-electron chi connectivity index (χ3n) is 8.12. The molecule has 3 heterocycles. The van der Waals surface area contributed by atoms with Gasteiger partial charge in [0.15, 0.2) is 0 Å². The largest absolute Gasteiger partial charge is 0.492 e. The number of nitrogens with one attached hydrogen (secondary N) is 1. The first-order valence-electron chi connectivity index (χ1n) is 14.4. The summed E-state index contributed by atoms with van der Waals surface area (Å²) in [6, 6.07) is 20.6. The fraction of sp³-hybridized carbons (Fsp3) is 0.333. The summed E-state index contributed by atoms with van der Waals surface area (Å²) in [4.78, 5) is 31.3. The van der Waals surface area contributed by atoms with Crippen LogP contribution in [0.5, 0.6) is 5.75 Å². The lowest BCUT2D eigenvalue weighted by Gasteiger charge is -2.18. The molecule has 1 atom stereocenters. The number of likely N-dealkylation sites (tertiary alicyclic amines) is 1. The number of ether oxygens (including phenoxy) is 1. The topological polar surface area (TPSA) is 87.0 Å². The molecule has 212 valence electrons. The van der Waals surface area contributed by atoms with Gasteiger partial charge >= 0.3 is 0 Å². The highest BCUT2D eigenvalue weighted by Gasteiger charge is 2.21. The van der Waals surface area contributed by atoms with Gasteiger partial charge in [0.1, 0.15) is 12.4 Å². The summed E-state index contributed by atoms with van der Waals surface area (Å²) >= 11 is 0. The van der Waals surface area contributed by atoms with Gasteiger partial charge in [0.25, 0.3) is 11.5 Å². The summed E-state index contributed by atoms with van der Waals surface area (Å²) in [5, 5.41) is 14.3. The van der Waals surface area contributed by atoms with Gasteiger partial charge in [0.05, 0.1) is 17.2 Å². The lowest BCUT2D eigenvalue weighted by atomic mass is 10.1. The van der Waals surface area contributed by atoms with E-state index in [2.05, 4.69) is 15.1 Å². The normalized spacial score (nSPS) is 17.3. The molecule has 2 fully saturated rings. The summed E-state index contributed by atoms with van der Waals surface area (Å²) < 4.78 is 7.62. The molecule has 0 spiro atoms. The molecule has 8 heteroatoms. The van der Waals surface area contributed by atoms with Gasteiger partial charge in [-0.15, -0.1) is 0 Å². The zero-order valence-corrected chi connectivity index (χ0v) is 23.4. The summed E-state index contributed by atoms with van der Waals surface area (Å²) in [5.41, 5.74) is 3.53. The van der Waals surface area contributed by atoms with Gasteiger partial charge in [-0.25, -0.2) is 0 Å². The van der Waals surface area contributed by atoms with Crippen molar-refractivity contribution in [2.75, 3.05) is 49.5 Å². The number of fused-ring (bicyclic) bond motifs is 1. The van der Waals surface area contributed by atoms with Gasteiger partial charge < -0.3 is 20.1 Å². The monoisotopic (exact) mass is 552 g/mol. The van der Waals surface area contributed by atoms with Crippen molar-refractivity contribution in [1.82, 2.24) is 9.47 Å². The second kappa shape index (κ2) is 11.8. The molecule has 0 radical (unpaired) electrons. The maximum atomic E-state index is 13.6. The van der Waals surface area contributed by atoms with Crippen LogP contribution in [0.1, 0.15) is 35.2 Å². The molecule has 3 aromatic carbocycles. The summed E-state index contributed by atoms with van der Waals surface area (Å²) in [6.07, 6.45) is 4.66. The molecule has 0 bridgehead atoms. The SMILES string of the molecule is Cc1ccc(NC(=O)c2cccc(N3CC[C@@H](O)C3)c2)cc1-n1ccc2ccc(OCCN3CCCC3)cc2c1=O. The fourth-order valence-corrected chi connectivity index (χ4v) is 5.77. The molecule has 2 saturated heterocycles. The Kier molecular flexibility index (Phi) is 7.76. The minimum absolute atomic E-state index is 0.139. The number of carbonyl (C=O) groups excluding carboxylic acids is 1. The van der Waals surface area contributed by atoms with Crippen LogP contribution in [0.4, 0.5) is 11.4 Å². The van der Waals surface area contributed by atoms with Gasteiger partial charge in [-0.05, 0) is 98.8 Å². The number of rotatable bonds is 8. The molecule has 0 saturated carbocycles. The molecule has 1 aromatic heterocycles. The highest BCUT2D eigenvalue weighted by molar-refractivity contribution is 6.05. The second-order valence-electron chi connectivity index (χ2n) is 11.0. The number of aliphatic hydroxyl groups excluding tert-OH is 1. The van der Waals surface area contributed by atoms with E-state index in [4.69, 9.17) is 4.74 Å². The molecule has 2 aliphatic rings. The van der Waals surface area contributed by atoms with Crippen LogP contribution < -0.4 is 20.5 Å². The Balaban J connectivity index is 1.21. The van der Waals surface area contributed by atoms with E-state index in [-0.39, 0.29) is 17.6 Å². The Morgan fingerprint density at radius 2 is 1.88 bits per heavy atom. The van der Waals surface area contributed by atoms with Gasteiger partial charge in [-0.1, -0.05) is 18.2 Å². The zero-order valence-electron chi connectivity index (χ0n) is 23.4. The highest BCUT2D eigenvalue weighted by atomic mass is 16.5. The average molecular weight is 553 g/mol. The molecule has 2 aliphatic heterocycles. The van der Waals surface area contributed by atoms with E-state index in [1.807, 2.05) is 67.6 Å². The Morgan fingerprint density at radius 1 is 1.02 bits per heavy atom. The predicted octanol–water partition coefficient (Wildman–Crippen LogP) is 4.60. The molecule has 2 N–H and O–H groups in total. The second-order valence-corrected chi connectivity index (χ2v) is 11.0. The van der Waals surface area contributed by atoms with Crippen LogP contribution in [0.15, 0.2) is 77.7 Å². The predicted molar refractivity (Wildman–Crippen MR) is 163 cm³/mol. The van der Waals surface area contributed by atoms with Crippen LogP contribution in [0.2, 0.25) is 0 Å². The van der Waals surface area contributed by atoms with Crippen LogP contribution in [-0.2, 0) is 0 Å². The van der Waals surface area contributed by atoms with Crippen molar-refractivity contribution in [2.24, 2.45) is 0 Å². The molecule has 8 nitrogen and oxygen atoms in total. The Labute approximate surface area is 239 Å². The van der Waals surface area contributed by atoms with Gasteiger partial charge in [-0.3, -0.25) is 19.1 Å². The fourth-order valence-electron chi connectivity index (χ4n) is 5.77. The molecular weight excluding hydrogens is 516 g/mol. The summed E-state index contributed by atoms with van der Waals surface area (Å²) in [6.45, 7) is 7.01. The first kappa shape index (κ1) is 27.1. The van der Waals surface area contributed by atoms with Crippen molar-refractivity contribution < 1.29 is 14.6 Å². The number of benzene rings is 3. The van der Waals surface area contributed by atoms with Crippen molar-refractivity contribution >= 4 is 28.1 Å². The summed E-state index contributed by atoms with van der Waals surface area (Å²) in [5.74, 6) is 0.456. The quantitative estimate of drug-likeness (QED) is 0.332. The van der Waals surface area contributed by atoms with E-state index in [0.717, 1.165) is 49.2 Å². The lowest BCUT2D eigenvalue weighted by molar-refractivity contribution is 0.102. The number of anilines is 2. The number of pyridine rings is 1. The number of carbonyl (C=O) groups is 1. The third-order valence-corrected chi connectivity index (χ3v) is 8.12. The number of aromatic nitrogens is 1. The van der Waals surface area contributed by atoms with Crippen LogP contribution in [0, 0.1) is 6.92 Å². The van der Waals surface area contributed by atoms with Crippen LogP contribution in [0.3, 0.4) is 0 Å².